The van der Waals surface area contributed by atoms with Gasteiger partial charge in [0.25, 0.3) is 0 Å². The Morgan fingerprint density at radius 2 is 2.04 bits per heavy atom. The fourth-order valence-electron chi connectivity index (χ4n) is 1.91. The van der Waals surface area contributed by atoms with Crippen LogP contribution in [0.3, 0.4) is 0 Å². The van der Waals surface area contributed by atoms with Crippen LogP contribution in [0.1, 0.15) is 12.5 Å². The molecule has 0 spiro atoms. The molecule has 0 aliphatic heterocycles. The fraction of sp³-hybridized carbons (Fsp3) is 0.176. The SMILES string of the molecule is CCOC(=O)COc1ccccc1/C=C(/C#N)S(=O)(=O)c1cccs1. The van der Waals surface area contributed by atoms with Crippen LogP contribution in [0.2, 0.25) is 0 Å². The highest BCUT2D eigenvalue weighted by molar-refractivity contribution is 7.97. The Bertz CT molecular complexity index is 909. The van der Waals surface area contributed by atoms with E-state index in [-0.39, 0.29) is 23.2 Å². The number of para-hydroxylation sites is 1. The van der Waals surface area contributed by atoms with Crippen molar-refractivity contribution in [2.75, 3.05) is 13.2 Å². The second kappa shape index (κ2) is 8.46. The molecule has 0 saturated heterocycles. The zero-order chi connectivity index (χ0) is 18.3. The number of sulfone groups is 1. The van der Waals surface area contributed by atoms with E-state index in [9.17, 15) is 18.5 Å². The second-order valence-corrected chi connectivity index (χ2v) is 7.78. The maximum atomic E-state index is 12.5. The van der Waals surface area contributed by atoms with Crippen LogP contribution in [0.25, 0.3) is 6.08 Å². The third kappa shape index (κ3) is 4.68. The average Bonchev–Trinajstić information content (AvgIpc) is 3.14. The number of nitriles is 1. The van der Waals surface area contributed by atoms with Gasteiger partial charge < -0.3 is 9.47 Å². The van der Waals surface area contributed by atoms with Gasteiger partial charge in [0.05, 0.1) is 6.61 Å². The Kier molecular flexibility index (Phi) is 6.33. The lowest BCUT2D eigenvalue weighted by molar-refractivity contribution is -0.145. The molecular formula is C17H15NO5S2. The largest absolute Gasteiger partial charge is 0.481 e. The number of hydrogen-bond acceptors (Lipinski definition) is 7. The van der Waals surface area contributed by atoms with E-state index in [4.69, 9.17) is 9.47 Å². The van der Waals surface area contributed by atoms with Crippen molar-refractivity contribution in [3.63, 3.8) is 0 Å². The molecule has 0 aliphatic rings. The van der Waals surface area contributed by atoms with Gasteiger partial charge in [0.15, 0.2) is 11.5 Å². The maximum Gasteiger partial charge on any atom is 0.344 e. The average molecular weight is 377 g/mol. The van der Waals surface area contributed by atoms with Gasteiger partial charge in [-0.15, -0.1) is 11.3 Å². The van der Waals surface area contributed by atoms with Crippen LogP contribution in [0.4, 0.5) is 0 Å². The third-order valence-corrected chi connectivity index (χ3v) is 6.08. The summed E-state index contributed by atoms with van der Waals surface area (Å²) in [6, 6.07) is 11.3. The van der Waals surface area contributed by atoms with Crippen molar-refractivity contribution in [2.24, 2.45) is 0 Å². The Morgan fingerprint density at radius 1 is 1.28 bits per heavy atom. The summed E-state index contributed by atoms with van der Waals surface area (Å²) in [5.74, 6) is -0.252. The second-order valence-electron chi connectivity index (χ2n) is 4.69. The lowest BCUT2D eigenvalue weighted by atomic mass is 10.2. The van der Waals surface area contributed by atoms with E-state index >= 15 is 0 Å². The summed E-state index contributed by atoms with van der Waals surface area (Å²) in [5.41, 5.74) is 0.378. The number of allylic oxidation sites excluding steroid dienone is 1. The predicted octanol–water partition coefficient (Wildman–Crippen LogP) is 3.03. The van der Waals surface area contributed by atoms with Crippen molar-refractivity contribution in [2.45, 2.75) is 11.1 Å². The molecule has 0 aliphatic carbocycles. The Balaban J connectivity index is 2.33. The minimum atomic E-state index is -3.89. The van der Waals surface area contributed by atoms with E-state index in [0.29, 0.717) is 5.56 Å². The molecule has 0 radical (unpaired) electrons. The van der Waals surface area contributed by atoms with Crippen LogP contribution in [0, 0.1) is 11.3 Å². The monoisotopic (exact) mass is 377 g/mol. The number of esters is 1. The van der Waals surface area contributed by atoms with Gasteiger partial charge >= 0.3 is 5.97 Å². The number of carbonyl (C=O) groups is 1. The number of hydrogen-bond donors (Lipinski definition) is 0. The van der Waals surface area contributed by atoms with Crippen LogP contribution in [0.5, 0.6) is 5.75 Å². The summed E-state index contributed by atoms with van der Waals surface area (Å²) >= 11 is 1.04. The first kappa shape index (κ1) is 18.7. The molecule has 6 nitrogen and oxygen atoms in total. The fourth-order valence-corrected chi connectivity index (χ4v) is 4.17. The van der Waals surface area contributed by atoms with E-state index in [1.54, 1.807) is 48.7 Å². The number of rotatable bonds is 7. The lowest BCUT2D eigenvalue weighted by Gasteiger charge is -2.09. The van der Waals surface area contributed by atoms with Crippen LogP contribution < -0.4 is 4.74 Å². The van der Waals surface area contributed by atoms with Gasteiger partial charge in [-0.05, 0) is 30.5 Å². The van der Waals surface area contributed by atoms with Gasteiger partial charge in [0.2, 0.25) is 9.84 Å². The zero-order valence-electron chi connectivity index (χ0n) is 13.3. The van der Waals surface area contributed by atoms with Crippen molar-refractivity contribution in [1.82, 2.24) is 0 Å². The van der Waals surface area contributed by atoms with E-state index < -0.39 is 20.7 Å². The Hall–Kier alpha value is -2.63. The summed E-state index contributed by atoms with van der Waals surface area (Å²) in [5, 5.41) is 10.9. The molecule has 0 atom stereocenters. The summed E-state index contributed by atoms with van der Waals surface area (Å²) < 4.78 is 35.2. The molecule has 1 aromatic heterocycles. The highest BCUT2D eigenvalue weighted by atomic mass is 32.2. The summed E-state index contributed by atoms with van der Waals surface area (Å²) in [4.78, 5) is 11.0. The van der Waals surface area contributed by atoms with Gasteiger partial charge in [-0.2, -0.15) is 5.26 Å². The van der Waals surface area contributed by atoms with Crippen molar-refractivity contribution in [3.05, 3.63) is 52.2 Å². The molecule has 0 unspecified atom stereocenters. The molecule has 25 heavy (non-hydrogen) atoms. The molecular weight excluding hydrogens is 362 g/mol. The van der Waals surface area contributed by atoms with E-state index in [0.717, 1.165) is 11.3 Å². The van der Waals surface area contributed by atoms with Gasteiger partial charge in [0, 0.05) is 5.56 Å². The van der Waals surface area contributed by atoms with Gasteiger partial charge in [0.1, 0.15) is 16.0 Å². The van der Waals surface area contributed by atoms with Crippen molar-refractivity contribution >= 4 is 33.2 Å². The summed E-state index contributed by atoms with van der Waals surface area (Å²) in [6.07, 6.45) is 1.23. The predicted molar refractivity (Wildman–Crippen MR) is 93.7 cm³/mol. The first-order valence-corrected chi connectivity index (χ1v) is 9.63. The van der Waals surface area contributed by atoms with Gasteiger partial charge in [-0.25, -0.2) is 13.2 Å². The van der Waals surface area contributed by atoms with Gasteiger partial charge in [-0.3, -0.25) is 0 Å². The molecule has 0 N–H and O–H groups in total. The normalized spacial score (nSPS) is 11.6. The summed E-state index contributed by atoms with van der Waals surface area (Å²) in [7, 11) is -3.89. The highest BCUT2D eigenvalue weighted by Gasteiger charge is 2.22. The van der Waals surface area contributed by atoms with E-state index in [1.165, 1.54) is 12.1 Å². The molecule has 1 heterocycles. The number of thiophene rings is 1. The van der Waals surface area contributed by atoms with Crippen LogP contribution in [0.15, 0.2) is 50.9 Å². The minimum Gasteiger partial charge on any atom is -0.481 e. The van der Waals surface area contributed by atoms with Crippen molar-refractivity contribution < 1.29 is 22.7 Å². The molecule has 8 heteroatoms. The molecule has 0 saturated carbocycles. The molecule has 2 rings (SSSR count). The van der Waals surface area contributed by atoms with Crippen molar-refractivity contribution in [1.29, 1.82) is 5.26 Å². The molecule has 130 valence electrons. The summed E-state index contributed by atoms with van der Waals surface area (Å²) in [6.45, 7) is 1.61. The Morgan fingerprint density at radius 3 is 2.68 bits per heavy atom. The number of benzene rings is 1. The zero-order valence-corrected chi connectivity index (χ0v) is 15.0. The van der Waals surface area contributed by atoms with E-state index in [2.05, 4.69) is 0 Å². The number of nitrogens with zero attached hydrogens (tertiary/aromatic N) is 1. The number of carbonyl (C=O) groups excluding carboxylic acids is 1. The minimum absolute atomic E-state index is 0.0882. The van der Waals surface area contributed by atoms with Crippen LogP contribution >= 0.6 is 11.3 Å². The molecule has 2 aromatic rings. The first-order chi connectivity index (χ1) is 12.0. The van der Waals surface area contributed by atoms with E-state index in [1.807, 2.05) is 0 Å². The standard InChI is InChI=1S/C17H15NO5S2/c1-2-22-16(19)12-23-15-7-4-3-6-13(15)10-14(11-18)25(20,21)17-8-5-9-24-17/h3-10H,2,12H2,1H3/b14-10-. The van der Waals surface area contributed by atoms with Crippen molar-refractivity contribution in [3.8, 4) is 11.8 Å². The highest BCUT2D eigenvalue weighted by Crippen LogP contribution is 2.27. The Labute approximate surface area is 149 Å². The molecule has 0 fully saturated rings. The lowest BCUT2D eigenvalue weighted by Crippen LogP contribution is -2.15. The number of ether oxygens (including phenoxy) is 2. The maximum absolute atomic E-state index is 12.5. The molecule has 1 aromatic carbocycles. The van der Waals surface area contributed by atoms with Gasteiger partial charge in [-0.1, -0.05) is 24.3 Å². The van der Waals surface area contributed by atoms with Crippen LogP contribution in [-0.2, 0) is 19.4 Å². The quantitative estimate of drug-likeness (QED) is 0.544. The first-order valence-electron chi connectivity index (χ1n) is 7.27. The molecule has 0 bridgehead atoms. The molecule has 0 amide bonds. The third-order valence-electron chi connectivity index (χ3n) is 3.02. The topological polar surface area (TPSA) is 93.5 Å². The van der Waals surface area contributed by atoms with Crippen LogP contribution in [-0.4, -0.2) is 27.6 Å². The smallest absolute Gasteiger partial charge is 0.344 e.